The molecule has 3 rings (SSSR count). The number of anilines is 1. The SMILES string of the molecule is CCNC(=O)c1cccc(NC(=O)NCCC(c2ccccc2)c2ccccc2)c1. The minimum atomic E-state index is -0.289. The van der Waals surface area contributed by atoms with Crippen LogP contribution in [0.25, 0.3) is 0 Å². The van der Waals surface area contributed by atoms with Crippen molar-refractivity contribution in [3.63, 3.8) is 0 Å². The Bertz CT molecular complexity index is 919. The summed E-state index contributed by atoms with van der Waals surface area (Å²) in [5, 5.41) is 8.48. The minimum Gasteiger partial charge on any atom is -0.352 e. The van der Waals surface area contributed by atoms with Crippen LogP contribution in [0, 0.1) is 0 Å². The van der Waals surface area contributed by atoms with Crippen molar-refractivity contribution >= 4 is 17.6 Å². The van der Waals surface area contributed by atoms with Crippen LogP contribution in [0.5, 0.6) is 0 Å². The predicted octanol–water partition coefficient (Wildman–Crippen LogP) is 4.78. The summed E-state index contributed by atoms with van der Waals surface area (Å²) in [5.41, 5.74) is 3.54. The van der Waals surface area contributed by atoms with Gasteiger partial charge in [0.25, 0.3) is 5.91 Å². The highest BCUT2D eigenvalue weighted by atomic mass is 16.2. The van der Waals surface area contributed by atoms with Gasteiger partial charge in [-0.2, -0.15) is 0 Å². The van der Waals surface area contributed by atoms with Crippen LogP contribution in [0.3, 0.4) is 0 Å². The summed E-state index contributed by atoms with van der Waals surface area (Å²) in [5.74, 6) is 0.0453. The standard InChI is InChI=1S/C25H27N3O2/c1-2-26-24(29)21-14-9-15-22(18-21)28-25(30)27-17-16-23(19-10-5-3-6-11-19)20-12-7-4-8-13-20/h3-15,18,23H,2,16-17H2,1H3,(H,26,29)(H2,27,28,30). The molecular weight excluding hydrogens is 374 g/mol. The highest BCUT2D eigenvalue weighted by Gasteiger charge is 2.14. The molecule has 0 bridgehead atoms. The number of benzene rings is 3. The molecule has 154 valence electrons. The molecule has 0 aromatic heterocycles. The highest BCUT2D eigenvalue weighted by Crippen LogP contribution is 2.27. The van der Waals surface area contributed by atoms with Gasteiger partial charge in [-0.05, 0) is 42.7 Å². The van der Waals surface area contributed by atoms with Gasteiger partial charge >= 0.3 is 6.03 Å². The Morgan fingerprint density at radius 1 is 0.800 bits per heavy atom. The summed E-state index contributed by atoms with van der Waals surface area (Å²) in [7, 11) is 0. The number of carbonyl (C=O) groups excluding carboxylic acids is 2. The molecule has 0 unspecified atom stereocenters. The van der Waals surface area contributed by atoms with E-state index in [9.17, 15) is 9.59 Å². The van der Waals surface area contributed by atoms with Crippen LogP contribution in [0.1, 0.15) is 40.7 Å². The number of hydrogen-bond donors (Lipinski definition) is 3. The molecular formula is C25H27N3O2. The molecule has 3 aromatic carbocycles. The molecule has 0 atom stereocenters. The third kappa shape index (κ3) is 5.95. The van der Waals surface area contributed by atoms with Gasteiger partial charge in [0.1, 0.15) is 0 Å². The molecule has 3 aromatic rings. The molecule has 0 heterocycles. The Morgan fingerprint density at radius 2 is 1.43 bits per heavy atom. The van der Waals surface area contributed by atoms with Gasteiger partial charge < -0.3 is 16.0 Å². The van der Waals surface area contributed by atoms with Crippen LogP contribution >= 0.6 is 0 Å². The molecule has 5 nitrogen and oxygen atoms in total. The molecule has 0 saturated carbocycles. The minimum absolute atomic E-state index is 0.157. The van der Waals surface area contributed by atoms with Gasteiger partial charge in [0, 0.05) is 30.3 Å². The fourth-order valence-corrected chi connectivity index (χ4v) is 3.40. The maximum Gasteiger partial charge on any atom is 0.319 e. The van der Waals surface area contributed by atoms with Gasteiger partial charge in [-0.15, -0.1) is 0 Å². The second kappa shape index (κ2) is 10.8. The Kier molecular flexibility index (Phi) is 7.61. The van der Waals surface area contributed by atoms with Gasteiger partial charge in [0.15, 0.2) is 0 Å². The lowest BCUT2D eigenvalue weighted by molar-refractivity contribution is 0.0956. The molecule has 0 aliphatic rings. The smallest absolute Gasteiger partial charge is 0.319 e. The molecule has 0 fully saturated rings. The van der Waals surface area contributed by atoms with Gasteiger partial charge in [-0.1, -0.05) is 66.7 Å². The molecule has 5 heteroatoms. The maximum absolute atomic E-state index is 12.4. The van der Waals surface area contributed by atoms with E-state index >= 15 is 0 Å². The number of hydrogen-bond acceptors (Lipinski definition) is 2. The Labute approximate surface area is 177 Å². The summed E-state index contributed by atoms with van der Waals surface area (Å²) in [6, 6.07) is 27.2. The quantitative estimate of drug-likeness (QED) is 0.508. The van der Waals surface area contributed by atoms with E-state index in [1.54, 1.807) is 24.3 Å². The first-order valence-corrected chi connectivity index (χ1v) is 10.2. The Morgan fingerprint density at radius 3 is 2.03 bits per heavy atom. The van der Waals surface area contributed by atoms with Crippen molar-refractivity contribution in [3.05, 3.63) is 102 Å². The highest BCUT2D eigenvalue weighted by molar-refractivity contribution is 5.96. The molecule has 3 amide bonds. The lowest BCUT2D eigenvalue weighted by atomic mass is 9.88. The first kappa shape index (κ1) is 21.1. The summed E-state index contributed by atoms with van der Waals surface area (Å²) >= 11 is 0. The lowest BCUT2D eigenvalue weighted by Gasteiger charge is -2.18. The molecule has 0 aliphatic heterocycles. The summed E-state index contributed by atoms with van der Waals surface area (Å²) in [4.78, 5) is 24.3. The van der Waals surface area contributed by atoms with E-state index in [1.165, 1.54) is 11.1 Å². The van der Waals surface area contributed by atoms with Crippen molar-refractivity contribution in [1.29, 1.82) is 0 Å². The number of amides is 3. The zero-order chi connectivity index (χ0) is 21.2. The first-order valence-electron chi connectivity index (χ1n) is 10.2. The van der Waals surface area contributed by atoms with Crippen LogP contribution in [0.4, 0.5) is 10.5 Å². The fraction of sp³-hybridized carbons (Fsp3) is 0.200. The Hall–Kier alpha value is -3.60. The first-order chi connectivity index (χ1) is 14.7. The van der Waals surface area contributed by atoms with E-state index in [2.05, 4.69) is 40.2 Å². The largest absolute Gasteiger partial charge is 0.352 e. The molecule has 0 spiro atoms. The summed E-state index contributed by atoms with van der Waals surface area (Å²) < 4.78 is 0. The molecule has 0 saturated heterocycles. The van der Waals surface area contributed by atoms with Crippen molar-refractivity contribution in [3.8, 4) is 0 Å². The second-order valence-electron chi connectivity index (χ2n) is 6.98. The van der Waals surface area contributed by atoms with Crippen molar-refractivity contribution in [2.75, 3.05) is 18.4 Å². The Balaban J connectivity index is 1.58. The van der Waals surface area contributed by atoms with Crippen LogP contribution < -0.4 is 16.0 Å². The van der Waals surface area contributed by atoms with Crippen molar-refractivity contribution < 1.29 is 9.59 Å². The molecule has 0 radical (unpaired) electrons. The predicted molar refractivity (Wildman–Crippen MR) is 121 cm³/mol. The van der Waals surface area contributed by atoms with E-state index in [-0.39, 0.29) is 17.9 Å². The van der Waals surface area contributed by atoms with Crippen LogP contribution in [0.2, 0.25) is 0 Å². The summed E-state index contributed by atoms with van der Waals surface area (Å²) in [6.45, 7) is 2.95. The molecule has 3 N–H and O–H groups in total. The van der Waals surface area contributed by atoms with Crippen LogP contribution in [-0.2, 0) is 0 Å². The van der Waals surface area contributed by atoms with Crippen molar-refractivity contribution in [2.24, 2.45) is 0 Å². The van der Waals surface area contributed by atoms with Gasteiger partial charge in [-0.25, -0.2) is 4.79 Å². The van der Waals surface area contributed by atoms with Gasteiger partial charge in [-0.3, -0.25) is 4.79 Å². The van der Waals surface area contributed by atoms with Crippen molar-refractivity contribution in [2.45, 2.75) is 19.3 Å². The average molecular weight is 402 g/mol. The maximum atomic E-state index is 12.4. The third-order valence-corrected chi connectivity index (χ3v) is 4.84. The summed E-state index contributed by atoms with van der Waals surface area (Å²) in [6.07, 6.45) is 0.778. The lowest BCUT2D eigenvalue weighted by Crippen LogP contribution is -2.30. The van der Waals surface area contributed by atoms with E-state index in [0.29, 0.717) is 24.3 Å². The average Bonchev–Trinajstić information content (AvgIpc) is 2.78. The zero-order valence-corrected chi connectivity index (χ0v) is 17.1. The van der Waals surface area contributed by atoms with E-state index in [4.69, 9.17) is 0 Å². The number of rotatable bonds is 8. The third-order valence-electron chi connectivity index (χ3n) is 4.84. The van der Waals surface area contributed by atoms with E-state index in [0.717, 1.165) is 6.42 Å². The van der Waals surface area contributed by atoms with E-state index < -0.39 is 0 Å². The number of nitrogens with one attached hydrogen (secondary N) is 3. The monoisotopic (exact) mass is 401 g/mol. The second-order valence-corrected chi connectivity index (χ2v) is 6.98. The topological polar surface area (TPSA) is 70.2 Å². The van der Waals surface area contributed by atoms with E-state index in [1.807, 2.05) is 43.3 Å². The van der Waals surface area contributed by atoms with Gasteiger partial charge in [0.05, 0.1) is 0 Å². The number of urea groups is 1. The van der Waals surface area contributed by atoms with Gasteiger partial charge in [0.2, 0.25) is 0 Å². The van der Waals surface area contributed by atoms with Crippen LogP contribution in [0.15, 0.2) is 84.9 Å². The molecule has 30 heavy (non-hydrogen) atoms. The fourth-order valence-electron chi connectivity index (χ4n) is 3.40. The van der Waals surface area contributed by atoms with Crippen molar-refractivity contribution in [1.82, 2.24) is 10.6 Å². The van der Waals surface area contributed by atoms with Crippen LogP contribution in [-0.4, -0.2) is 25.0 Å². The number of carbonyl (C=O) groups is 2. The zero-order valence-electron chi connectivity index (χ0n) is 17.1. The molecule has 0 aliphatic carbocycles. The normalized spacial score (nSPS) is 10.5.